The van der Waals surface area contributed by atoms with Gasteiger partial charge >= 0.3 is 6.03 Å². The van der Waals surface area contributed by atoms with E-state index in [0.717, 1.165) is 23.5 Å². The molecule has 5 rings (SSSR count). The lowest BCUT2D eigenvalue weighted by Gasteiger charge is -2.19. The predicted octanol–water partition coefficient (Wildman–Crippen LogP) is 2.74. The van der Waals surface area contributed by atoms with Crippen molar-refractivity contribution in [2.75, 3.05) is 5.32 Å². The van der Waals surface area contributed by atoms with E-state index in [4.69, 9.17) is 4.98 Å². The number of thiophene rings is 1. The Hall–Kier alpha value is -3.73. The molecule has 11 heteroatoms. The zero-order valence-electron chi connectivity index (χ0n) is 18.4. The molecule has 10 nitrogen and oxygen atoms in total. The molecule has 2 aliphatic rings. The summed E-state index contributed by atoms with van der Waals surface area (Å²) in [5.41, 5.74) is 1.61. The molecule has 2 fully saturated rings. The molecule has 1 aliphatic carbocycles. The smallest absolute Gasteiger partial charge is 0.326 e. The second kappa shape index (κ2) is 7.69. The summed E-state index contributed by atoms with van der Waals surface area (Å²) >= 11 is 1.36. The number of nitrogens with zero attached hydrogens (tertiary/aromatic N) is 3. The lowest BCUT2D eigenvalue weighted by molar-refractivity contribution is -0.115. The van der Waals surface area contributed by atoms with Gasteiger partial charge in [0.15, 0.2) is 5.65 Å². The van der Waals surface area contributed by atoms with Crippen LogP contribution in [-0.2, 0) is 4.79 Å². The summed E-state index contributed by atoms with van der Waals surface area (Å²) in [5.74, 6) is 0.143. The van der Waals surface area contributed by atoms with Gasteiger partial charge in [0.1, 0.15) is 11.5 Å². The minimum atomic E-state index is -0.563. The first-order valence-electron chi connectivity index (χ1n) is 10.6. The maximum atomic E-state index is 12.6. The topological polar surface area (TPSA) is 130 Å². The van der Waals surface area contributed by atoms with Crippen molar-refractivity contribution in [3.8, 4) is 10.6 Å². The fourth-order valence-electron chi connectivity index (χ4n) is 3.39. The van der Waals surface area contributed by atoms with Crippen molar-refractivity contribution in [3.63, 3.8) is 0 Å². The van der Waals surface area contributed by atoms with Crippen LogP contribution in [0.2, 0.25) is 0 Å². The lowest BCUT2D eigenvalue weighted by atomic mass is 10.1. The highest BCUT2D eigenvalue weighted by atomic mass is 32.1. The quantitative estimate of drug-likeness (QED) is 0.339. The third kappa shape index (κ3) is 4.44. The minimum absolute atomic E-state index is 0.131. The van der Waals surface area contributed by atoms with Gasteiger partial charge < -0.3 is 16.0 Å². The van der Waals surface area contributed by atoms with Crippen LogP contribution in [0.5, 0.6) is 0 Å². The Morgan fingerprint density at radius 3 is 2.70 bits per heavy atom. The Kier molecular flexibility index (Phi) is 4.93. The Morgan fingerprint density at radius 2 is 2.03 bits per heavy atom. The molecule has 170 valence electrons. The van der Waals surface area contributed by atoms with Gasteiger partial charge in [-0.1, -0.05) is 0 Å². The molecule has 0 atom stereocenters. The Balaban J connectivity index is 1.55. The first kappa shape index (κ1) is 21.1. The molecule has 0 unspecified atom stereocenters. The number of carbonyl (C=O) groups excluding carboxylic acids is 3. The SMILES string of the molecule is CC(C)(C)NC(=O)c1ccc(-c2cc(NC3CC3)n3ncc(/C=C4\NC(=O)NC4=O)c3n2)s1. The molecule has 4 amide bonds. The Bertz CT molecular complexity index is 1330. The number of imide groups is 1. The van der Waals surface area contributed by atoms with Crippen molar-refractivity contribution in [1.82, 2.24) is 30.5 Å². The van der Waals surface area contributed by atoms with E-state index in [-0.39, 0.29) is 17.1 Å². The average Bonchev–Trinajstić information content (AvgIpc) is 3.11. The van der Waals surface area contributed by atoms with Gasteiger partial charge in [0.2, 0.25) is 0 Å². The number of hydrogen-bond donors (Lipinski definition) is 4. The number of amides is 4. The molecule has 0 bridgehead atoms. The number of anilines is 1. The van der Waals surface area contributed by atoms with E-state index < -0.39 is 11.9 Å². The van der Waals surface area contributed by atoms with Gasteiger partial charge in [0.25, 0.3) is 11.8 Å². The van der Waals surface area contributed by atoms with Crippen molar-refractivity contribution in [2.45, 2.75) is 45.2 Å². The number of nitrogens with one attached hydrogen (secondary N) is 4. The van der Waals surface area contributed by atoms with Crippen molar-refractivity contribution >= 4 is 46.7 Å². The third-order valence-corrected chi connectivity index (χ3v) is 6.13. The highest BCUT2D eigenvalue weighted by Crippen LogP contribution is 2.32. The maximum absolute atomic E-state index is 12.6. The van der Waals surface area contributed by atoms with Gasteiger partial charge in [-0.2, -0.15) is 9.61 Å². The standard InChI is InChI=1S/C22H23N7O3S/c1-22(2,3)28-20(31)16-7-6-15(33-16)13-9-17(24-12-4-5-12)29-18(25-13)11(10-23-29)8-14-19(30)27-21(32)26-14/h6-10,12,24H,4-5H2,1-3H3,(H,28,31)(H2,26,27,30,32)/b14-8-. The molecular formula is C22H23N7O3S. The molecule has 0 radical (unpaired) electrons. The summed E-state index contributed by atoms with van der Waals surface area (Å²) < 4.78 is 1.68. The molecule has 1 aliphatic heterocycles. The Labute approximate surface area is 193 Å². The van der Waals surface area contributed by atoms with Crippen LogP contribution in [0.4, 0.5) is 10.6 Å². The summed E-state index contributed by atoms with van der Waals surface area (Å²) in [6, 6.07) is 5.40. The van der Waals surface area contributed by atoms with Crippen LogP contribution < -0.4 is 21.3 Å². The molecule has 1 saturated carbocycles. The maximum Gasteiger partial charge on any atom is 0.326 e. The van der Waals surface area contributed by atoms with E-state index in [9.17, 15) is 14.4 Å². The van der Waals surface area contributed by atoms with Gasteiger partial charge in [-0.05, 0) is 51.8 Å². The summed E-state index contributed by atoms with van der Waals surface area (Å²) in [5, 5.41) is 15.5. The van der Waals surface area contributed by atoms with Crippen molar-refractivity contribution in [2.24, 2.45) is 0 Å². The number of carbonyl (C=O) groups is 3. The van der Waals surface area contributed by atoms with E-state index in [1.807, 2.05) is 32.9 Å². The third-order valence-electron chi connectivity index (χ3n) is 5.02. The highest BCUT2D eigenvalue weighted by Gasteiger charge is 2.26. The second-order valence-electron chi connectivity index (χ2n) is 9.11. The van der Waals surface area contributed by atoms with Gasteiger partial charge in [0.05, 0.1) is 21.6 Å². The van der Waals surface area contributed by atoms with Crippen LogP contribution in [0.25, 0.3) is 22.3 Å². The summed E-state index contributed by atoms with van der Waals surface area (Å²) in [6.07, 6.45) is 5.32. The monoisotopic (exact) mass is 465 g/mol. The van der Waals surface area contributed by atoms with E-state index in [1.54, 1.807) is 22.9 Å². The van der Waals surface area contributed by atoms with Gasteiger partial charge in [-0.25, -0.2) is 9.78 Å². The molecule has 4 N–H and O–H groups in total. The average molecular weight is 466 g/mol. The van der Waals surface area contributed by atoms with Gasteiger partial charge in [-0.15, -0.1) is 11.3 Å². The van der Waals surface area contributed by atoms with Crippen LogP contribution in [0.1, 0.15) is 48.8 Å². The number of aromatic nitrogens is 3. The second-order valence-corrected chi connectivity index (χ2v) is 10.2. The molecule has 1 saturated heterocycles. The van der Waals surface area contributed by atoms with E-state index in [1.165, 1.54) is 11.3 Å². The zero-order chi connectivity index (χ0) is 23.3. The number of rotatable bonds is 5. The van der Waals surface area contributed by atoms with Crippen LogP contribution in [0.15, 0.2) is 30.1 Å². The zero-order valence-corrected chi connectivity index (χ0v) is 19.2. The molecule has 0 aromatic carbocycles. The highest BCUT2D eigenvalue weighted by molar-refractivity contribution is 7.17. The predicted molar refractivity (Wildman–Crippen MR) is 125 cm³/mol. The molecule has 3 aromatic heterocycles. The van der Waals surface area contributed by atoms with Crippen molar-refractivity contribution in [3.05, 3.63) is 40.5 Å². The van der Waals surface area contributed by atoms with E-state index in [2.05, 4.69) is 26.4 Å². The molecule has 4 heterocycles. The van der Waals surface area contributed by atoms with E-state index in [0.29, 0.717) is 27.8 Å². The molecular weight excluding hydrogens is 442 g/mol. The largest absolute Gasteiger partial charge is 0.367 e. The molecule has 0 spiro atoms. The normalized spacial score (nSPS) is 17.4. The van der Waals surface area contributed by atoms with Crippen LogP contribution in [-0.4, -0.2) is 44.0 Å². The van der Waals surface area contributed by atoms with Crippen molar-refractivity contribution in [1.29, 1.82) is 0 Å². The van der Waals surface area contributed by atoms with Crippen LogP contribution in [0.3, 0.4) is 0 Å². The molecule has 33 heavy (non-hydrogen) atoms. The van der Waals surface area contributed by atoms with Crippen LogP contribution >= 0.6 is 11.3 Å². The first-order chi connectivity index (χ1) is 15.7. The van der Waals surface area contributed by atoms with Gasteiger partial charge in [-0.3, -0.25) is 14.9 Å². The van der Waals surface area contributed by atoms with Crippen LogP contribution in [0, 0.1) is 0 Å². The molecule has 3 aromatic rings. The van der Waals surface area contributed by atoms with Crippen molar-refractivity contribution < 1.29 is 14.4 Å². The summed E-state index contributed by atoms with van der Waals surface area (Å²) in [7, 11) is 0. The van der Waals surface area contributed by atoms with E-state index >= 15 is 0 Å². The lowest BCUT2D eigenvalue weighted by Crippen LogP contribution is -2.40. The summed E-state index contributed by atoms with van der Waals surface area (Å²) in [6.45, 7) is 5.81. The van der Waals surface area contributed by atoms with Gasteiger partial charge in [0, 0.05) is 23.2 Å². The Morgan fingerprint density at radius 1 is 1.24 bits per heavy atom. The number of fused-ring (bicyclic) bond motifs is 1. The first-order valence-corrected chi connectivity index (χ1v) is 11.4. The number of urea groups is 1. The minimum Gasteiger partial charge on any atom is -0.367 e. The number of hydrogen-bond acceptors (Lipinski definition) is 7. The fourth-order valence-corrected chi connectivity index (χ4v) is 4.25. The summed E-state index contributed by atoms with van der Waals surface area (Å²) in [4.78, 5) is 42.2. The fraction of sp³-hybridized carbons (Fsp3) is 0.318.